The number of carbonyl (C=O) groups is 1. The zero-order chi connectivity index (χ0) is 15.4. The van der Waals surface area contributed by atoms with E-state index in [1.807, 2.05) is 0 Å². The molecule has 1 aliphatic carbocycles. The van der Waals surface area contributed by atoms with Crippen LogP contribution in [0.25, 0.3) is 0 Å². The maximum Gasteiger partial charge on any atom is 0.332 e. The molecule has 0 unspecified atom stereocenters. The van der Waals surface area contributed by atoms with Gasteiger partial charge in [-0.2, -0.15) is 4.98 Å². The number of nitro groups is 1. The van der Waals surface area contributed by atoms with Crippen LogP contribution in [0.15, 0.2) is 0 Å². The quantitative estimate of drug-likeness (QED) is 0.502. The highest BCUT2D eigenvalue weighted by Gasteiger charge is 2.24. The smallest absolute Gasteiger partial charge is 0.332 e. The van der Waals surface area contributed by atoms with E-state index in [1.165, 1.54) is 0 Å². The molecule has 1 aromatic heterocycles. The van der Waals surface area contributed by atoms with Crippen molar-refractivity contribution in [3.63, 3.8) is 0 Å². The minimum atomic E-state index is -0.526. The molecule has 1 aliphatic rings. The Kier molecular flexibility index (Phi) is 4.51. The molecule has 1 heterocycles. The molecule has 0 atom stereocenters. The van der Waals surface area contributed by atoms with Crippen molar-refractivity contribution >= 4 is 23.4 Å². The third-order valence-electron chi connectivity index (χ3n) is 3.05. The van der Waals surface area contributed by atoms with Crippen LogP contribution >= 0.6 is 0 Å². The highest BCUT2D eigenvalue weighted by atomic mass is 16.6. The second kappa shape index (κ2) is 6.33. The molecule has 0 bridgehead atoms. The van der Waals surface area contributed by atoms with Gasteiger partial charge in [-0.05, 0) is 19.8 Å². The summed E-state index contributed by atoms with van der Waals surface area (Å²) in [6, 6.07) is 0.309. The summed E-state index contributed by atoms with van der Waals surface area (Å²) in [5.41, 5.74) is 0.0980. The fraction of sp³-hybridized carbons (Fsp3) is 0.583. The Balaban J connectivity index is 2.01. The predicted molar refractivity (Wildman–Crippen MR) is 77.2 cm³/mol. The first-order valence-corrected chi connectivity index (χ1v) is 6.75. The molecule has 0 radical (unpaired) electrons. The van der Waals surface area contributed by atoms with E-state index >= 15 is 0 Å². The molecule has 1 fully saturated rings. The molecule has 1 saturated carbocycles. The molecule has 2 rings (SSSR count). The van der Waals surface area contributed by atoms with Crippen molar-refractivity contribution in [3.05, 3.63) is 15.8 Å². The first-order chi connectivity index (χ1) is 10.0. The number of rotatable bonds is 7. The van der Waals surface area contributed by atoms with Crippen molar-refractivity contribution in [1.29, 1.82) is 0 Å². The summed E-state index contributed by atoms with van der Waals surface area (Å²) in [6.07, 6.45) is 2.30. The van der Waals surface area contributed by atoms with Crippen LogP contribution in [0.2, 0.25) is 0 Å². The van der Waals surface area contributed by atoms with Gasteiger partial charge in [0.25, 0.3) is 0 Å². The van der Waals surface area contributed by atoms with Gasteiger partial charge in [-0.1, -0.05) is 0 Å². The molecule has 114 valence electrons. The zero-order valence-electron chi connectivity index (χ0n) is 12.0. The van der Waals surface area contributed by atoms with Crippen molar-refractivity contribution < 1.29 is 9.72 Å². The lowest BCUT2D eigenvalue weighted by Crippen LogP contribution is -2.27. The number of carbonyl (C=O) groups excluding carboxylic acids is 1. The van der Waals surface area contributed by atoms with Gasteiger partial charge in [0.1, 0.15) is 5.69 Å². The van der Waals surface area contributed by atoms with Crippen LogP contribution < -0.4 is 16.0 Å². The topological polar surface area (TPSA) is 122 Å². The molecular formula is C12H18N6O3. The Labute approximate surface area is 121 Å². The molecule has 0 aliphatic heterocycles. The highest BCUT2D eigenvalue weighted by molar-refractivity contribution is 5.77. The Hall–Kier alpha value is -2.45. The van der Waals surface area contributed by atoms with E-state index in [-0.39, 0.29) is 36.1 Å². The number of hydrogen-bond acceptors (Lipinski definition) is 7. The zero-order valence-corrected chi connectivity index (χ0v) is 12.0. The molecule has 0 spiro atoms. The van der Waals surface area contributed by atoms with Crippen LogP contribution in [-0.4, -0.2) is 40.4 Å². The summed E-state index contributed by atoms with van der Waals surface area (Å²) in [5.74, 6) is 0.353. The first-order valence-electron chi connectivity index (χ1n) is 6.75. The van der Waals surface area contributed by atoms with E-state index in [0.29, 0.717) is 12.0 Å². The van der Waals surface area contributed by atoms with Gasteiger partial charge >= 0.3 is 5.69 Å². The number of amides is 1. The summed E-state index contributed by atoms with van der Waals surface area (Å²) in [6.45, 7) is 1.82. The number of aromatic nitrogens is 2. The molecule has 0 aromatic carbocycles. The largest absolute Gasteiger partial charge is 0.364 e. The summed E-state index contributed by atoms with van der Waals surface area (Å²) >= 11 is 0. The van der Waals surface area contributed by atoms with Gasteiger partial charge in [-0.15, -0.1) is 0 Å². The van der Waals surface area contributed by atoms with Crippen LogP contribution in [-0.2, 0) is 4.79 Å². The van der Waals surface area contributed by atoms with E-state index in [9.17, 15) is 14.9 Å². The minimum Gasteiger partial charge on any atom is -0.364 e. The van der Waals surface area contributed by atoms with E-state index in [4.69, 9.17) is 0 Å². The van der Waals surface area contributed by atoms with Gasteiger partial charge in [-0.3, -0.25) is 14.9 Å². The summed E-state index contributed by atoms with van der Waals surface area (Å²) < 4.78 is 0. The summed E-state index contributed by atoms with van der Waals surface area (Å²) in [7, 11) is 1.63. The molecule has 3 N–H and O–H groups in total. The van der Waals surface area contributed by atoms with Crippen molar-refractivity contribution in [2.24, 2.45) is 0 Å². The Morgan fingerprint density at radius 2 is 2.14 bits per heavy atom. The van der Waals surface area contributed by atoms with Crippen LogP contribution in [0.1, 0.15) is 25.0 Å². The van der Waals surface area contributed by atoms with Crippen molar-refractivity contribution in [2.75, 3.05) is 24.2 Å². The number of hydrogen-bond donors (Lipinski definition) is 3. The Morgan fingerprint density at radius 1 is 1.43 bits per heavy atom. The van der Waals surface area contributed by atoms with Crippen molar-refractivity contribution in [1.82, 2.24) is 15.3 Å². The SMILES string of the molecule is CNc1nc(C)c([N+](=O)[O-])c(NCCC(=O)NC2CC2)n1. The average Bonchev–Trinajstić information content (AvgIpc) is 3.21. The number of nitrogens with zero attached hydrogens (tertiary/aromatic N) is 3. The molecule has 9 heteroatoms. The molecule has 21 heavy (non-hydrogen) atoms. The molecular weight excluding hydrogens is 276 g/mol. The van der Waals surface area contributed by atoms with E-state index in [1.54, 1.807) is 14.0 Å². The number of aryl methyl sites for hydroxylation is 1. The van der Waals surface area contributed by atoms with Crippen molar-refractivity contribution in [3.8, 4) is 0 Å². The maximum atomic E-state index is 11.6. The number of nitrogens with one attached hydrogen (secondary N) is 3. The summed E-state index contributed by atoms with van der Waals surface area (Å²) in [5, 5.41) is 19.5. The molecule has 1 amide bonds. The summed E-state index contributed by atoms with van der Waals surface area (Å²) in [4.78, 5) is 30.1. The second-order valence-corrected chi connectivity index (χ2v) is 4.86. The third kappa shape index (κ3) is 4.01. The normalized spacial score (nSPS) is 13.6. The maximum absolute atomic E-state index is 11.6. The monoisotopic (exact) mass is 294 g/mol. The van der Waals surface area contributed by atoms with Gasteiger partial charge in [0.2, 0.25) is 17.7 Å². The van der Waals surface area contributed by atoms with Crippen LogP contribution in [0, 0.1) is 17.0 Å². The van der Waals surface area contributed by atoms with E-state index in [2.05, 4.69) is 25.9 Å². The molecule has 1 aromatic rings. The predicted octanol–water partition coefficient (Wildman–Crippen LogP) is 0.816. The minimum absolute atomic E-state index is 0.0627. The van der Waals surface area contributed by atoms with Crippen LogP contribution in [0.4, 0.5) is 17.5 Å². The third-order valence-corrected chi connectivity index (χ3v) is 3.05. The highest BCUT2D eigenvalue weighted by Crippen LogP contribution is 2.26. The van der Waals surface area contributed by atoms with Gasteiger partial charge in [-0.25, -0.2) is 4.98 Å². The fourth-order valence-electron chi connectivity index (χ4n) is 1.84. The lowest BCUT2D eigenvalue weighted by Gasteiger charge is -2.09. The van der Waals surface area contributed by atoms with Gasteiger partial charge < -0.3 is 16.0 Å². The van der Waals surface area contributed by atoms with Gasteiger partial charge in [0, 0.05) is 26.1 Å². The molecule has 0 saturated heterocycles. The average molecular weight is 294 g/mol. The Bertz CT molecular complexity index is 558. The van der Waals surface area contributed by atoms with Crippen LogP contribution in [0.5, 0.6) is 0 Å². The molecule has 9 nitrogen and oxygen atoms in total. The van der Waals surface area contributed by atoms with E-state index in [0.717, 1.165) is 12.8 Å². The van der Waals surface area contributed by atoms with Crippen molar-refractivity contribution in [2.45, 2.75) is 32.2 Å². The van der Waals surface area contributed by atoms with Crippen LogP contribution in [0.3, 0.4) is 0 Å². The van der Waals surface area contributed by atoms with Gasteiger partial charge in [0.05, 0.1) is 4.92 Å². The fourth-order valence-corrected chi connectivity index (χ4v) is 1.84. The lowest BCUT2D eigenvalue weighted by molar-refractivity contribution is -0.385. The van der Waals surface area contributed by atoms with Gasteiger partial charge in [0.15, 0.2) is 0 Å². The standard InChI is InChI=1S/C12H18N6O3/c1-7-10(18(20)21)11(17-12(13-2)15-7)14-6-5-9(19)16-8-3-4-8/h8H,3-6H2,1-2H3,(H,16,19)(H2,13,14,15,17). The lowest BCUT2D eigenvalue weighted by atomic mass is 10.3. The number of anilines is 2. The van der Waals surface area contributed by atoms with E-state index < -0.39 is 4.92 Å². The second-order valence-electron chi connectivity index (χ2n) is 4.86. The first kappa shape index (κ1) is 14.9. The Morgan fingerprint density at radius 3 is 2.71 bits per heavy atom.